The number of carbonyl (C=O) groups excluding carboxylic acids is 1. The van der Waals surface area contributed by atoms with Gasteiger partial charge in [0.05, 0.1) is 12.7 Å². The average molecular weight is 511 g/mol. The number of benzene rings is 2. The molecule has 3 aliphatic rings. The molecule has 0 bridgehead atoms. The van der Waals surface area contributed by atoms with Gasteiger partial charge in [-0.05, 0) is 98.9 Å². The zero-order valence-electron chi connectivity index (χ0n) is 21.1. The Morgan fingerprint density at radius 1 is 1.14 bits per heavy atom. The number of likely N-dealkylation sites (tertiary alicyclic amines) is 1. The lowest BCUT2D eigenvalue weighted by atomic mass is 9.58. The number of hydrogen-bond donors (Lipinski definition) is 1. The van der Waals surface area contributed by atoms with Crippen molar-refractivity contribution in [2.45, 2.75) is 56.2 Å². The van der Waals surface area contributed by atoms with Crippen molar-refractivity contribution in [3.63, 3.8) is 0 Å². The van der Waals surface area contributed by atoms with Crippen molar-refractivity contribution >= 4 is 5.91 Å². The number of alkyl halides is 3. The van der Waals surface area contributed by atoms with Crippen LogP contribution in [-0.4, -0.2) is 43.6 Å². The molecule has 2 saturated carbocycles. The van der Waals surface area contributed by atoms with Crippen LogP contribution in [0.3, 0.4) is 0 Å². The summed E-state index contributed by atoms with van der Waals surface area (Å²) in [6.45, 7) is 3.34. The van der Waals surface area contributed by atoms with Crippen molar-refractivity contribution in [1.82, 2.24) is 10.2 Å². The van der Waals surface area contributed by atoms with E-state index in [1.54, 1.807) is 7.11 Å². The molecule has 1 heterocycles. The number of ether oxygens (including phenoxy) is 1. The fraction of sp³-hybridized carbons (Fsp3) is 0.500. The zero-order chi connectivity index (χ0) is 26.0. The molecule has 1 amide bonds. The molecule has 5 rings (SSSR count). The number of amides is 1. The monoisotopic (exact) mass is 510 g/mol. The first-order chi connectivity index (χ1) is 17.7. The van der Waals surface area contributed by atoms with Crippen molar-refractivity contribution in [2.24, 2.45) is 11.8 Å². The van der Waals surface area contributed by atoms with Gasteiger partial charge in [0.15, 0.2) is 0 Å². The Labute approximate surface area is 216 Å². The van der Waals surface area contributed by atoms with Gasteiger partial charge in [-0.1, -0.05) is 18.1 Å². The summed E-state index contributed by atoms with van der Waals surface area (Å²) in [6.07, 6.45) is 2.11. The number of rotatable bonds is 5. The second kappa shape index (κ2) is 10.4. The predicted octanol–water partition coefficient (Wildman–Crippen LogP) is 5.40. The standard InChI is InChI=1S/C30H33F3N2O2/c1-37-27-4-2-3-24(17-27)29-15-16-35(19-22-5-6-22)20-25(29)12-13-26(18-29)34-28(36)14-9-21-7-10-23(11-8-21)30(31,32)33/h2-4,7-8,10-11,17,22,25-26H,5-6,12-13,15-16,18-20H2,1H3,(H,34,36)/t25-,26+,29+/m1/s1. The Morgan fingerprint density at radius 2 is 1.92 bits per heavy atom. The molecular weight excluding hydrogens is 477 g/mol. The van der Waals surface area contributed by atoms with Gasteiger partial charge in [0.2, 0.25) is 0 Å². The van der Waals surface area contributed by atoms with Crippen molar-refractivity contribution in [3.8, 4) is 17.6 Å². The van der Waals surface area contributed by atoms with E-state index in [0.29, 0.717) is 11.5 Å². The third-order valence-corrected chi connectivity index (χ3v) is 8.33. The normalized spacial score (nSPS) is 25.9. The van der Waals surface area contributed by atoms with E-state index in [9.17, 15) is 18.0 Å². The van der Waals surface area contributed by atoms with E-state index in [2.05, 4.69) is 34.2 Å². The lowest BCUT2D eigenvalue weighted by molar-refractivity contribution is -0.137. The van der Waals surface area contributed by atoms with Gasteiger partial charge in [0.25, 0.3) is 5.91 Å². The maximum Gasteiger partial charge on any atom is 0.416 e. The number of piperidine rings is 1. The first kappa shape index (κ1) is 25.7. The summed E-state index contributed by atoms with van der Waals surface area (Å²) < 4.78 is 43.9. The minimum Gasteiger partial charge on any atom is -0.497 e. The Bertz CT molecular complexity index is 1180. The Kier molecular flexibility index (Phi) is 7.22. The van der Waals surface area contributed by atoms with Crippen LogP contribution in [0.5, 0.6) is 5.75 Å². The lowest BCUT2D eigenvalue weighted by Crippen LogP contribution is -2.56. The lowest BCUT2D eigenvalue weighted by Gasteiger charge is -2.53. The second-order valence-corrected chi connectivity index (χ2v) is 10.8. The van der Waals surface area contributed by atoms with Gasteiger partial charge in [-0.3, -0.25) is 4.79 Å². The summed E-state index contributed by atoms with van der Waals surface area (Å²) in [7, 11) is 1.69. The van der Waals surface area contributed by atoms with Crippen LogP contribution >= 0.6 is 0 Å². The maximum atomic E-state index is 12.8. The van der Waals surface area contributed by atoms with Crippen molar-refractivity contribution in [2.75, 3.05) is 26.7 Å². The molecule has 7 heteroatoms. The molecule has 2 aromatic carbocycles. The Balaban J connectivity index is 1.29. The van der Waals surface area contributed by atoms with Crippen LogP contribution in [0.1, 0.15) is 55.2 Å². The molecule has 2 aromatic rings. The minimum absolute atomic E-state index is 0.00756. The summed E-state index contributed by atoms with van der Waals surface area (Å²) in [5, 5.41) is 3.10. The quantitative estimate of drug-likeness (QED) is 0.548. The van der Waals surface area contributed by atoms with Gasteiger partial charge < -0.3 is 15.0 Å². The fourth-order valence-corrected chi connectivity index (χ4v) is 6.20. The molecule has 0 aromatic heterocycles. The van der Waals surface area contributed by atoms with E-state index in [1.807, 2.05) is 12.1 Å². The van der Waals surface area contributed by atoms with Gasteiger partial charge in [0.1, 0.15) is 5.75 Å². The number of hydrogen-bond acceptors (Lipinski definition) is 3. The van der Waals surface area contributed by atoms with Crippen LogP contribution in [0.25, 0.3) is 0 Å². The van der Waals surface area contributed by atoms with Crippen LogP contribution in [0, 0.1) is 23.7 Å². The van der Waals surface area contributed by atoms with Gasteiger partial charge in [0, 0.05) is 36.0 Å². The second-order valence-electron chi connectivity index (χ2n) is 10.8. The predicted molar refractivity (Wildman–Crippen MR) is 136 cm³/mol. The number of carbonyl (C=O) groups is 1. The van der Waals surface area contributed by atoms with Gasteiger partial charge >= 0.3 is 6.18 Å². The highest BCUT2D eigenvalue weighted by Gasteiger charge is 2.48. The molecule has 3 atom stereocenters. The summed E-state index contributed by atoms with van der Waals surface area (Å²) in [5.74, 6) is 7.11. The molecule has 1 aliphatic heterocycles. The van der Waals surface area contributed by atoms with Crippen LogP contribution in [0.15, 0.2) is 48.5 Å². The highest BCUT2D eigenvalue weighted by Crippen LogP contribution is 2.50. The SMILES string of the molecule is COc1cccc([C@@]23CCN(CC4CC4)C[C@H]2CC[C@H](NC(=O)C#Cc2ccc(C(F)(F)F)cc2)C3)c1. The zero-order valence-corrected chi connectivity index (χ0v) is 21.1. The molecule has 0 unspecified atom stereocenters. The van der Waals surface area contributed by atoms with Gasteiger partial charge in [-0.2, -0.15) is 13.2 Å². The molecule has 3 fully saturated rings. The van der Waals surface area contributed by atoms with Gasteiger partial charge in [-0.25, -0.2) is 0 Å². The van der Waals surface area contributed by atoms with Crippen LogP contribution in [-0.2, 0) is 16.4 Å². The fourth-order valence-electron chi connectivity index (χ4n) is 6.20. The molecule has 0 spiro atoms. The van der Waals surface area contributed by atoms with Crippen LogP contribution in [0.4, 0.5) is 13.2 Å². The molecular formula is C30H33F3N2O2. The van der Waals surface area contributed by atoms with Crippen LogP contribution < -0.4 is 10.1 Å². The third-order valence-electron chi connectivity index (χ3n) is 8.33. The minimum atomic E-state index is -4.39. The van der Waals surface area contributed by atoms with E-state index in [0.717, 1.165) is 62.6 Å². The average Bonchev–Trinajstić information content (AvgIpc) is 3.71. The highest BCUT2D eigenvalue weighted by molar-refractivity contribution is 5.94. The van der Waals surface area contributed by atoms with Crippen molar-refractivity contribution in [1.29, 1.82) is 0 Å². The number of fused-ring (bicyclic) bond motifs is 1. The molecule has 2 aliphatic carbocycles. The number of methoxy groups -OCH3 is 1. The van der Waals surface area contributed by atoms with E-state index in [-0.39, 0.29) is 11.5 Å². The molecule has 1 saturated heterocycles. The first-order valence-corrected chi connectivity index (χ1v) is 13.1. The van der Waals surface area contributed by atoms with E-state index >= 15 is 0 Å². The molecule has 1 N–H and O–H groups in total. The maximum absolute atomic E-state index is 12.8. The summed E-state index contributed by atoms with van der Waals surface area (Å²) in [6, 6.07) is 12.9. The van der Waals surface area contributed by atoms with E-state index in [1.165, 1.54) is 37.1 Å². The smallest absolute Gasteiger partial charge is 0.416 e. The Hall–Kier alpha value is -2.98. The summed E-state index contributed by atoms with van der Waals surface area (Å²) in [5.41, 5.74) is 0.886. The van der Waals surface area contributed by atoms with E-state index in [4.69, 9.17) is 4.74 Å². The van der Waals surface area contributed by atoms with E-state index < -0.39 is 17.6 Å². The van der Waals surface area contributed by atoms with Crippen molar-refractivity contribution in [3.05, 3.63) is 65.2 Å². The van der Waals surface area contributed by atoms with Crippen LogP contribution in [0.2, 0.25) is 0 Å². The number of halogens is 3. The number of nitrogens with one attached hydrogen (secondary N) is 1. The topological polar surface area (TPSA) is 41.6 Å². The largest absolute Gasteiger partial charge is 0.497 e. The van der Waals surface area contributed by atoms with Crippen molar-refractivity contribution < 1.29 is 22.7 Å². The first-order valence-electron chi connectivity index (χ1n) is 13.1. The molecule has 37 heavy (non-hydrogen) atoms. The number of nitrogens with zero attached hydrogens (tertiary/aromatic N) is 1. The summed E-state index contributed by atoms with van der Waals surface area (Å²) in [4.78, 5) is 15.3. The molecule has 196 valence electrons. The molecule has 4 nitrogen and oxygen atoms in total. The highest BCUT2D eigenvalue weighted by atomic mass is 19.4. The third kappa shape index (κ3) is 5.96. The molecule has 0 radical (unpaired) electrons. The summed E-state index contributed by atoms with van der Waals surface area (Å²) >= 11 is 0. The van der Waals surface area contributed by atoms with Gasteiger partial charge in [-0.15, -0.1) is 0 Å². The Morgan fingerprint density at radius 3 is 2.62 bits per heavy atom.